The van der Waals surface area contributed by atoms with Crippen molar-refractivity contribution in [3.63, 3.8) is 0 Å². The number of nitrogens with zero attached hydrogens (tertiary/aromatic N) is 1. The highest BCUT2D eigenvalue weighted by atomic mass is 79.9. The van der Waals surface area contributed by atoms with E-state index < -0.39 is 6.10 Å². The fraction of sp³-hybridized carbons (Fsp3) is 0.100. The molecule has 3 rings (SSSR count). The Morgan fingerprint density at radius 1 is 1.08 bits per heavy atom. The summed E-state index contributed by atoms with van der Waals surface area (Å²) in [5.74, 6) is 0.347. The van der Waals surface area contributed by atoms with E-state index in [0.717, 1.165) is 20.8 Å². The Hall–Kier alpha value is -2.66. The zero-order valence-corrected chi connectivity index (χ0v) is 15.2. The molecule has 3 aromatic rings. The first-order chi connectivity index (χ1) is 12.1. The fourth-order valence-corrected chi connectivity index (χ4v) is 2.57. The number of hydrazone groups is 1. The first-order valence-electron chi connectivity index (χ1n) is 7.86. The standard InChI is InChI=1S/C20H17BrN2O2/c1-14(20(24)23-22-13-15-6-9-18(21)10-7-15)25-19-11-8-16-4-2-3-5-17(16)12-19/h2-14H,1H3,(H,23,24)/b22-13-/t14-/m1/s1. The van der Waals surface area contributed by atoms with Crippen molar-refractivity contribution in [3.8, 4) is 5.75 Å². The average Bonchev–Trinajstić information content (AvgIpc) is 2.63. The van der Waals surface area contributed by atoms with Gasteiger partial charge < -0.3 is 4.74 Å². The number of carbonyl (C=O) groups excluding carboxylic acids is 1. The minimum atomic E-state index is -0.650. The number of nitrogens with one attached hydrogen (secondary N) is 1. The molecule has 0 saturated carbocycles. The van der Waals surface area contributed by atoms with Crippen LogP contribution in [0.1, 0.15) is 12.5 Å². The van der Waals surface area contributed by atoms with Gasteiger partial charge in [-0.05, 0) is 47.5 Å². The molecule has 0 radical (unpaired) electrons. The van der Waals surface area contributed by atoms with Gasteiger partial charge in [0, 0.05) is 4.47 Å². The Balaban J connectivity index is 1.58. The van der Waals surface area contributed by atoms with E-state index in [9.17, 15) is 4.79 Å². The van der Waals surface area contributed by atoms with Gasteiger partial charge in [-0.2, -0.15) is 5.10 Å². The van der Waals surface area contributed by atoms with Gasteiger partial charge in [-0.3, -0.25) is 4.79 Å². The first-order valence-corrected chi connectivity index (χ1v) is 8.65. The van der Waals surface area contributed by atoms with Crippen LogP contribution in [0.5, 0.6) is 5.75 Å². The van der Waals surface area contributed by atoms with Crippen LogP contribution in [0.15, 0.2) is 76.3 Å². The van der Waals surface area contributed by atoms with E-state index in [1.54, 1.807) is 13.1 Å². The van der Waals surface area contributed by atoms with E-state index in [4.69, 9.17) is 4.74 Å². The monoisotopic (exact) mass is 396 g/mol. The summed E-state index contributed by atoms with van der Waals surface area (Å²) in [6.45, 7) is 1.69. The third-order valence-electron chi connectivity index (χ3n) is 3.66. The first kappa shape index (κ1) is 17.2. The maximum atomic E-state index is 12.1. The van der Waals surface area contributed by atoms with Crippen LogP contribution >= 0.6 is 15.9 Å². The number of amides is 1. The number of rotatable bonds is 5. The smallest absolute Gasteiger partial charge is 0.280 e. The van der Waals surface area contributed by atoms with Crippen LogP contribution in [0.2, 0.25) is 0 Å². The topological polar surface area (TPSA) is 50.7 Å². The summed E-state index contributed by atoms with van der Waals surface area (Å²) >= 11 is 3.37. The number of hydrogen-bond acceptors (Lipinski definition) is 3. The molecule has 0 aromatic heterocycles. The van der Waals surface area contributed by atoms with Crippen LogP contribution < -0.4 is 10.2 Å². The highest BCUT2D eigenvalue weighted by Gasteiger charge is 2.14. The minimum Gasteiger partial charge on any atom is -0.481 e. The van der Waals surface area contributed by atoms with Gasteiger partial charge in [0.1, 0.15) is 5.75 Å². The molecule has 0 spiro atoms. The van der Waals surface area contributed by atoms with Crippen molar-refractivity contribution < 1.29 is 9.53 Å². The summed E-state index contributed by atoms with van der Waals surface area (Å²) in [6, 6.07) is 21.4. The Bertz CT molecular complexity index is 907. The fourth-order valence-electron chi connectivity index (χ4n) is 2.31. The van der Waals surface area contributed by atoms with E-state index in [0.29, 0.717) is 5.75 Å². The molecule has 5 heteroatoms. The summed E-state index contributed by atoms with van der Waals surface area (Å²) in [7, 11) is 0. The van der Waals surface area contributed by atoms with Crippen molar-refractivity contribution in [1.29, 1.82) is 0 Å². The van der Waals surface area contributed by atoms with Gasteiger partial charge in [0.25, 0.3) is 5.91 Å². The lowest BCUT2D eigenvalue weighted by Crippen LogP contribution is -2.33. The van der Waals surface area contributed by atoms with Crippen molar-refractivity contribution in [3.05, 3.63) is 76.8 Å². The second-order valence-corrected chi connectivity index (χ2v) is 6.47. The van der Waals surface area contributed by atoms with Crippen LogP contribution in [-0.4, -0.2) is 18.2 Å². The van der Waals surface area contributed by atoms with Gasteiger partial charge in [0.05, 0.1) is 6.21 Å². The molecule has 0 unspecified atom stereocenters. The highest BCUT2D eigenvalue weighted by Crippen LogP contribution is 2.21. The van der Waals surface area contributed by atoms with E-state index in [-0.39, 0.29) is 5.91 Å². The molecular weight excluding hydrogens is 380 g/mol. The second kappa shape index (κ2) is 7.94. The van der Waals surface area contributed by atoms with E-state index in [2.05, 4.69) is 26.5 Å². The third-order valence-corrected chi connectivity index (χ3v) is 4.19. The van der Waals surface area contributed by atoms with Gasteiger partial charge in [-0.25, -0.2) is 5.43 Å². The second-order valence-electron chi connectivity index (χ2n) is 5.55. The van der Waals surface area contributed by atoms with Crippen LogP contribution in [0, 0.1) is 0 Å². The molecule has 0 aliphatic rings. The maximum absolute atomic E-state index is 12.1. The Morgan fingerprint density at radius 3 is 2.56 bits per heavy atom. The molecule has 0 bridgehead atoms. The summed E-state index contributed by atoms with van der Waals surface area (Å²) < 4.78 is 6.70. The molecule has 1 atom stereocenters. The molecule has 0 aliphatic carbocycles. The Morgan fingerprint density at radius 2 is 1.80 bits per heavy atom. The lowest BCUT2D eigenvalue weighted by molar-refractivity contribution is -0.127. The predicted octanol–water partition coefficient (Wildman–Crippen LogP) is 4.52. The molecular formula is C20H17BrN2O2. The molecule has 126 valence electrons. The zero-order valence-electron chi connectivity index (χ0n) is 13.6. The summed E-state index contributed by atoms with van der Waals surface area (Å²) in [5, 5.41) is 6.16. The van der Waals surface area contributed by atoms with Gasteiger partial charge in [0.15, 0.2) is 6.10 Å². The van der Waals surface area contributed by atoms with E-state index >= 15 is 0 Å². The van der Waals surface area contributed by atoms with Gasteiger partial charge in [0.2, 0.25) is 0 Å². The lowest BCUT2D eigenvalue weighted by Gasteiger charge is -2.13. The largest absolute Gasteiger partial charge is 0.481 e. The molecule has 0 aliphatic heterocycles. The van der Waals surface area contributed by atoms with Crippen molar-refractivity contribution in [2.45, 2.75) is 13.0 Å². The number of benzene rings is 3. The average molecular weight is 397 g/mol. The SMILES string of the molecule is C[C@@H](Oc1ccc2ccccc2c1)C(=O)N/N=C\c1ccc(Br)cc1. The highest BCUT2D eigenvalue weighted by molar-refractivity contribution is 9.10. The number of fused-ring (bicyclic) bond motifs is 1. The number of ether oxygens (including phenoxy) is 1. The molecule has 0 fully saturated rings. The molecule has 4 nitrogen and oxygen atoms in total. The van der Waals surface area contributed by atoms with E-state index in [1.165, 1.54) is 0 Å². The molecule has 1 N–H and O–H groups in total. The van der Waals surface area contributed by atoms with E-state index in [1.807, 2.05) is 66.7 Å². The normalized spacial score (nSPS) is 12.2. The van der Waals surface area contributed by atoms with Gasteiger partial charge >= 0.3 is 0 Å². The maximum Gasteiger partial charge on any atom is 0.280 e. The van der Waals surface area contributed by atoms with Crippen molar-refractivity contribution in [2.24, 2.45) is 5.10 Å². The molecule has 0 saturated heterocycles. The van der Waals surface area contributed by atoms with Crippen molar-refractivity contribution >= 4 is 38.8 Å². The van der Waals surface area contributed by atoms with Crippen LogP contribution in [-0.2, 0) is 4.79 Å². The number of hydrogen-bond donors (Lipinski definition) is 1. The third kappa shape index (κ3) is 4.67. The number of halogens is 1. The Kier molecular flexibility index (Phi) is 5.46. The van der Waals surface area contributed by atoms with Crippen LogP contribution in [0.4, 0.5) is 0 Å². The van der Waals surface area contributed by atoms with Gasteiger partial charge in [-0.1, -0.05) is 58.4 Å². The predicted molar refractivity (Wildman–Crippen MR) is 104 cm³/mol. The van der Waals surface area contributed by atoms with Gasteiger partial charge in [-0.15, -0.1) is 0 Å². The van der Waals surface area contributed by atoms with Crippen LogP contribution in [0.25, 0.3) is 10.8 Å². The van der Waals surface area contributed by atoms with Crippen molar-refractivity contribution in [2.75, 3.05) is 0 Å². The zero-order chi connectivity index (χ0) is 17.6. The lowest BCUT2D eigenvalue weighted by atomic mass is 10.1. The quantitative estimate of drug-likeness (QED) is 0.509. The van der Waals surface area contributed by atoms with Crippen LogP contribution in [0.3, 0.4) is 0 Å². The molecule has 0 heterocycles. The number of carbonyl (C=O) groups is 1. The van der Waals surface area contributed by atoms with Crippen molar-refractivity contribution in [1.82, 2.24) is 5.43 Å². The summed E-state index contributed by atoms with van der Waals surface area (Å²) in [6.07, 6.45) is 0.941. The minimum absolute atomic E-state index is 0.304. The summed E-state index contributed by atoms with van der Waals surface area (Å²) in [5.41, 5.74) is 3.39. The summed E-state index contributed by atoms with van der Waals surface area (Å²) in [4.78, 5) is 12.1. The molecule has 3 aromatic carbocycles. The molecule has 1 amide bonds. The Labute approximate surface area is 154 Å². The molecule has 25 heavy (non-hydrogen) atoms.